The van der Waals surface area contributed by atoms with Crippen molar-refractivity contribution in [3.8, 4) is 6.07 Å². The third-order valence-electron chi connectivity index (χ3n) is 1.86. The molecular weight excluding hydrogens is 170 g/mol. The summed E-state index contributed by atoms with van der Waals surface area (Å²) in [7, 11) is 0. The van der Waals surface area contributed by atoms with Gasteiger partial charge in [0.1, 0.15) is 0 Å². The summed E-state index contributed by atoms with van der Waals surface area (Å²) in [5.41, 5.74) is 3.29. The summed E-state index contributed by atoms with van der Waals surface area (Å²) in [5, 5.41) is 8.60. The fourth-order valence-electron chi connectivity index (χ4n) is 1.12. The summed E-state index contributed by atoms with van der Waals surface area (Å²) in [4.78, 5) is 0. The molecule has 1 rings (SSSR count). The highest BCUT2D eigenvalue weighted by Crippen LogP contribution is 2.10. The van der Waals surface area contributed by atoms with Gasteiger partial charge in [-0.05, 0) is 36.6 Å². The third-order valence-corrected chi connectivity index (χ3v) is 1.86. The van der Waals surface area contributed by atoms with Crippen molar-refractivity contribution in [3.63, 3.8) is 0 Å². The molecule has 14 heavy (non-hydrogen) atoms. The zero-order valence-electron chi connectivity index (χ0n) is 9.59. The van der Waals surface area contributed by atoms with Crippen LogP contribution in [0.1, 0.15) is 43.9 Å². The maximum Gasteiger partial charge on any atom is 0.0991 e. The van der Waals surface area contributed by atoms with Gasteiger partial charge in [-0.1, -0.05) is 33.3 Å². The fourth-order valence-corrected chi connectivity index (χ4v) is 1.12. The largest absolute Gasteiger partial charge is 0.192 e. The van der Waals surface area contributed by atoms with Gasteiger partial charge in [-0.15, -0.1) is 0 Å². The molecule has 0 spiro atoms. The number of nitriles is 1. The topological polar surface area (TPSA) is 23.8 Å². The Morgan fingerprint density at radius 3 is 2.21 bits per heavy atom. The summed E-state index contributed by atoms with van der Waals surface area (Å²) in [5.74, 6) is 0. The van der Waals surface area contributed by atoms with Crippen LogP contribution < -0.4 is 0 Å². The Balaban J connectivity index is 0.000000500. The minimum atomic E-state index is 0.757. The molecule has 1 heteroatoms. The van der Waals surface area contributed by atoms with Crippen LogP contribution in [-0.4, -0.2) is 0 Å². The van der Waals surface area contributed by atoms with Crippen LogP contribution in [0.4, 0.5) is 0 Å². The van der Waals surface area contributed by atoms with Crippen LogP contribution in [-0.2, 0) is 6.42 Å². The van der Waals surface area contributed by atoms with Crippen LogP contribution in [0.5, 0.6) is 0 Å². The Morgan fingerprint density at radius 2 is 1.79 bits per heavy atom. The van der Waals surface area contributed by atoms with Gasteiger partial charge in [0.15, 0.2) is 0 Å². The predicted octanol–water partition coefficient (Wildman–Crippen LogP) is 3.85. The normalized spacial score (nSPS) is 8.50. The number of hydrogen-bond donors (Lipinski definition) is 0. The molecule has 1 aromatic rings. The van der Waals surface area contributed by atoms with Crippen LogP contribution in [0.2, 0.25) is 0 Å². The van der Waals surface area contributed by atoms with Gasteiger partial charge in [0.2, 0.25) is 0 Å². The third kappa shape index (κ3) is 4.09. The number of benzene rings is 1. The Labute approximate surface area is 87.4 Å². The first-order valence-electron chi connectivity index (χ1n) is 5.19. The standard InChI is InChI=1S/C10H11N.C3H8/c1-3-10-6-9(7-11)5-4-8(10)2;1-3-2/h4-6H,3H2,1-2H3;3H2,1-2H3. The van der Waals surface area contributed by atoms with E-state index in [0.717, 1.165) is 12.0 Å². The molecule has 0 radical (unpaired) electrons. The van der Waals surface area contributed by atoms with Crippen molar-refractivity contribution in [1.29, 1.82) is 5.26 Å². The van der Waals surface area contributed by atoms with Gasteiger partial charge in [0.25, 0.3) is 0 Å². The number of hydrogen-bond acceptors (Lipinski definition) is 1. The van der Waals surface area contributed by atoms with Gasteiger partial charge < -0.3 is 0 Å². The smallest absolute Gasteiger partial charge is 0.0991 e. The van der Waals surface area contributed by atoms with E-state index in [1.165, 1.54) is 17.5 Å². The van der Waals surface area contributed by atoms with Crippen LogP contribution in [0.15, 0.2) is 18.2 Å². The van der Waals surface area contributed by atoms with Crippen molar-refractivity contribution < 1.29 is 0 Å². The van der Waals surface area contributed by atoms with Gasteiger partial charge in [0, 0.05) is 0 Å². The molecule has 0 saturated carbocycles. The highest BCUT2D eigenvalue weighted by molar-refractivity contribution is 5.37. The molecule has 0 heterocycles. The molecule has 0 atom stereocenters. The molecule has 0 fully saturated rings. The highest BCUT2D eigenvalue weighted by atomic mass is 14.2. The van der Waals surface area contributed by atoms with E-state index >= 15 is 0 Å². The Hall–Kier alpha value is -1.29. The summed E-state index contributed by atoms with van der Waals surface area (Å²) < 4.78 is 0. The van der Waals surface area contributed by atoms with Crippen LogP contribution in [0, 0.1) is 18.3 Å². The number of rotatable bonds is 1. The van der Waals surface area contributed by atoms with Gasteiger partial charge in [-0.25, -0.2) is 0 Å². The molecule has 0 aliphatic carbocycles. The summed E-state index contributed by atoms with van der Waals surface area (Å²) in [6, 6.07) is 7.94. The lowest BCUT2D eigenvalue weighted by atomic mass is 10.0. The van der Waals surface area contributed by atoms with Crippen LogP contribution in [0.3, 0.4) is 0 Å². The quantitative estimate of drug-likeness (QED) is 0.658. The maximum absolute atomic E-state index is 8.60. The van der Waals surface area contributed by atoms with Crippen LogP contribution >= 0.6 is 0 Å². The highest BCUT2D eigenvalue weighted by Gasteiger charge is 1.96. The van der Waals surface area contributed by atoms with Crippen molar-refractivity contribution in [2.24, 2.45) is 0 Å². The molecule has 0 aliphatic rings. The lowest BCUT2D eigenvalue weighted by Crippen LogP contribution is -1.86. The van der Waals surface area contributed by atoms with Crippen molar-refractivity contribution in [2.75, 3.05) is 0 Å². The van der Waals surface area contributed by atoms with E-state index in [4.69, 9.17) is 5.26 Å². The van der Waals surface area contributed by atoms with Gasteiger partial charge in [-0.3, -0.25) is 0 Å². The van der Waals surface area contributed by atoms with Crippen molar-refractivity contribution in [2.45, 2.75) is 40.5 Å². The minimum Gasteiger partial charge on any atom is -0.192 e. The molecule has 0 N–H and O–H groups in total. The zero-order chi connectivity index (χ0) is 11.0. The summed E-state index contributed by atoms with van der Waals surface area (Å²) in [6.07, 6.45) is 2.25. The second kappa shape index (κ2) is 7.15. The van der Waals surface area contributed by atoms with Gasteiger partial charge in [-0.2, -0.15) is 5.26 Å². The monoisotopic (exact) mass is 189 g/mol. The Morgan fingerprint density at radius 1 is 1.21 bits per heavy atom. The first-order valence-corrected chi connectivity index (χ1v) is 5.19. The average Bonchev–Trinajstić information content (AvgIpc) is 2.20. The van der Waals surface area contributed by atoms with Crippen LogP contribution in [0.25, 0.3) is 0 Å². The van der Waals surface area contributed by atoms with Crippen molar-refractivity contribution in [3.05, 3.63) is 34.9 Å². The van der Waals surface area contributed by atoms with E-state index in [1.807, 2.05) is 18.2 Å². The lowest BCUT2D eigenvalue weighted by molar-refractivity contribution is 1.09. The Bertz CT molecular complexity index is 308. The Kier molecular flexibility index (Phi) is 6.49. The molecular formula is C13H19N. The molecule has 1 aromatic carbocycles. The molecule has 0 unspecified atom stereocenters. The maximum atomic E-state index is 8.60. The molecule has 76 valence electrons. The first-order chi connectivity index (χ1) is 6.69. The van der Waals surface area contributed by atoms with Crippen molar-refractivity contribution in [1.82, 2.24) is 0 Å². The second-order valence-electron chi connectivity index (χ2n) is 3.31. The molecule has 0 bridgehead atoms. The number of nitrogens with zero attached hydrogens (tertiary/aromatic N) is 1. The van der Waals surface area contributed by atoms with E-state index in [9.17, 15) is 0 Å². The lowest BCUT2D eigenvalue weighted by Gasteiger charge is -2.01. The average molecular weight is 189 g/mol. The molecule has 0 saturated heterocycles. The van der Waals surface area contributed by atoms with E-state index in [-0.39, 0.29) is 0 Å². The fraction of sp³-hybridized carbons (Fsp3) is 0.462. The SMILES string of the molecule is CCC.CCc1cc(C#N)ccc1C. The van der Waals surface area contributed by atoms with E-state index in [2.05, 4.69) is 33.8 Å². The second-order valence-corrected chi connectivity index (χ2v) is 3.31. The van der Waals surface area contributed by atoms with Gasteiger partial charge >= 0.3 is 0 Å². The van der Waals surface area contributed by atoms with Gasteiger partial charge in [0.05, 0.1) is 11.6 Å². The summed E-state index contributed by atoms with van der Waals surface area (Å²) >= 11 is 0. The molecule has 0 aliphatic heterocycles. The van der Waals surface area contributed by atoms with E-state index < -0.39 is 0 Å². The first kappa shape index (κ1) is 12.7. The van der Waals surface area contributed by atoms with Crippen molar-refractivity contribution >= 4 is 0 Å². The van der Waals surface area contributed by atoms with E-state index in [0.29, 0.717) is 0 Å². The molecule has 0 amide bonds. The minimum absolute atomic E-state index is 0.757. The predicted molar refractivity (Wildman–Crippen MR) is 61.2 cm³/mol. The summed E-state index contributed by atoms with van der Waals surface area (Å²) in [6.45, 7) is 8.42. The zero-order valence-corrected chi connectivity index (χ0v) is 9.59. The number of aryl methyl sites for hydroxylation is 2. The molecule has 0 aromatic heterocycles. The molecule has 1 nitrogen and oxygen atoms in total. The van der Waals surface area contributed by atoms with E-state index in [1.54, 1.807) is 0 Å².